The van der Waals surface area contributed by atoms with Crippen LogP contribution in [0.5, 0.6) is 0 Å². The van der Waals surface area contributed by atoms with Crippen molar-refractivity contribution in [1.82, 2.24) is 5.32 Å². The molecule has 3 nitrogen and oxygen atoms in total. The largest absolute Gasteiger partial charge is 0.373 e. The molecular formula is C13H20N2OS. The van der Waals surface area contributed by atoms with E-state index in [4.69, 9.17) is 0 Å². The van der Waals surface area contributed by atoms with Gasteiger partial charge in [0.05, 0.1) is 0 Å². The number of benzene rings is 1. The Hall–Kier alpha value is -1.16. The molecule has 1 unspecified atom stereocenters. The number of carbonyl (C=O) groups is 1. The third kappa shape index (κ3) is 4.30. The summed E-state index contributed by atoms with van der Waals surface area (Å²) in [5, 5.41) is 6.13. The highest BCUT2D eigenvalue weighted by molar-refractivity contribution is 7.98. The third-order valence-corrected chi connectivity index (χ3v) is 3.10. The first-order valence-electron chi connectivity index (χ1n) is 5.74. The van der Waals surface area contributed by atoms with E-state index in [0.717, 1.165) is 10.6 Å². The summed E-state index contributed by atoms with van der Waals surface area (Å²) in [6, 6.07) is 7.93. The monoisotopic (exact) mass is 252 g/mol. The molecule has 0 spiro atoms. The van der Waals surface area contributed by atoms with Gasteiger partial charge in [0, 0.05) is 16.6 Å². The first kappa shape index (κ1) is 13.9. The smallest absolute Gasteiger partial charge is 0.242 e. The Kier molecular flexibility index (Phi) is 5.35. The molecule has 0 heterocycles. The average Bonchev–Trinajstić information content (AvgIpc) is 2.28. The van der Waals surface area contributed by atoms with Crippen LogP contribution in [0.4, 0.5) is 5.69 Å². The molecule has 1 aromatic carbocycles. The molecule has 1 rings (SSSR count). The number of thioether (sulfide) groups is 1. The summed E-state index contributed by atoms with van der Waals surface area (Å²) in [7, 11) is 0. The van der Waals surface area contributed by atoms with E-state index in [1.54, 1.807) is 11.8 Å². The van der Waals surface area contributed by atoms with Gasteiger partial charge in [-0.2, -0.15) is 0 Å². The molecule has 0 aliphatic carbocycles. The maximum absolute atomic E-state index is 11.8. The van der Waals surface area contributed by atoms with Gasteiger partial charge >= 0.3 is 0 Å². The molecule has 0 fully saturated rings. The third-order valence-electron chi connectivity index (χ3n) is 2.30. The molecule has 94 valence electrons. The van der Waals surface area contributed by atoms with Crippen LogP contribution >= 0.6 is 11.8 Å². The fraction of sp³-hybridized carbons (Fsp3) is 0.462. The summed E-state index contributed by atoms with van der Waals surface area (Å²) in [5.74, 6) is 0.0240. The second-order valence-electron chi connectivity index (χ2n) is 4.23. The van der Waals surface area contributed by atoms with Crippen LogP contribution in [0.3, 0.4) is 0 Å². The topological polar surface area (TPSA) is 41.1 Å². The van der Waals surface area contributed by atoms with Gasteiger partial charge in [-0.1, -0.05) is 12.1 Å². The summed E-state index contributed by atoms with van der Waals surface area (Å²) in [4.78, 5) is 12.9. The van der Waals surface area contributed by atoms with Gasteiger partial charge in [0.25, 0.3) is 0 Å². The molecule has 17 heavy (non-hydrogen) atoms. The van der Waals surface area contributed by atoms with Crippen molar-refractivity contribution in [2.45, 2.75) is 37.8 Å². The van der Waals surface area contributed by atoms with Gasteiger partial charge in [-0.15, -0.1) is 11.8 Å². The molecule has 1 atom stereocenters. The summed E-state index contributed by atoms with van der Waals surface area (Å²) < 4.78 is 0. The predicted octanol–water partition coefficient (Wildman–Crippen LogP) is 2.73. The lowest BCUT2D eigenvalue weighted by Crippen LogP contribution is -2.41. The molecule has 0 aliphatic heterocycles. The van der Waals surface area contributed by atoms with Crippen molar-refractivity contribution >= 4 is 23.4 Å². The highest BCUT2D eigenvalue weighted by Gasteiger charge is 2.14. The lowest BCUT2D eigenvalue weighted by atomic mass is 10.2. The van der Waals surface area contributed by atoms with Crippen LogP contribution in [-0.4, -0.2) is 24.2 Å². The van der Waals surface area contributed by atoms with Crippen molar-refractivity contribution < 1.29 is 4.79 Å². The maximum atomic E-state index is 11.8. The van der Waals surface area contributed by atoms with E-state index in [-0.39, 0.29) is 18.0 Å². The Balaban J connectivity index is 2.67. The number of hydrogen-bond acceptors (Lipinski definition) is 3. The van der Waals surface area contributed by atoms with E-state index in [1.165, 1.54) is 0 Å². The second-order valence-corrected chi connectivity index (χ2v) is 5.08. The molecular weight excluding hydrogens is 232 g/mol. The number of anilines is 1. The van der Waals surface area contributed by atoms with Crippen LogP contribution in [0, 0.1) is 0 Å². The molecule has 0 saturated carbocycles. The first-order valence-corrected chi connectivity index (χ1v) is 6.97. The van der Waals surface area contributed by atoms with Crippen LogP contribution in [0.1, 0.15) is 20.8 Å². The summed E-state index contributed by atoms with van der Waals surface area (Å²) in [5.41, 5.74) is 1.01. The zero-order chi connectivity index (χ0) is 12.8. The van der Waals surface area contributed by atoms with Crippen LogP contribution in [0.25, 0.3) is 0 Å². The molecule has 0 aromatic heterocycles. The van der Waals surface area contributed by atoms with Gasteiger partial charge in [0.15, 0.2) is 0 Å². The number of amides is 1. The van der Waals surface area contributed by atoms with Gasteiger partial charge in [-0.05, 0) is 39.2 Å². The first-order chi connectivity index (χ1) is 8.04. The average molecular weight is 252 g/mol. The van der Waals surface area contributed by atoms with Crippen molar-refractivity contribution in [3.8, 4) is 0 Å². The summed E-state index contributed by atoms with van der Waals surface area (Å²) in [6.07, 6.45) is 2.03. The van der Waals surface area contributed by atoms with E-state index in [9.17, 15) is 4.79 Å². The van der Waals surface area contributed by atoms with Crippen molar-refractivity contribution in [2.75, 3.05) is 11.6 Å². The number of carbonyl (C=O) groups excluding carboxylic acids is 1. The molecule has 0 saturated heterocycles. The summed E-state index contributed by atoms with van der Waals surface area (Å²) in [6.45, 7) is 5.79. The minimum Gasteiger partial charge on any atom is -0.373 e. The zero-order valence-corrected chi connectivity index (χ0v) is 11.6. The highest BCUT2D eigenvalue weighted by Crippen LogP contribution is 2.25. The lowest BCUT2D eigenvalue weighted by Gasteiger charge is -2.18. The van der Waals surface area contributed by atoms with Crippen LogP contribution in [-0.2, 0) is 4.79 Å². The highest BCUT2D eigenvalue weighted by atomic mass is 32.2. The summed E-state index contributed by atoms with van der Waals surface area (Å²) >= 11 is 1.67. The Bertz CT molecular complexity index is 379. The number of nitrogens with one attached hydrogen (secondary N) is 2. The van der Waals surface area contributed by atoms with Crippen LogP contribution in [0.2, 0.25) is 0 Å². The predicted molar refractivity (Wildman–Crippen MR) is 74.6 cm³/mol. The lowest BCUT2D eigenvalue weighted by molar-refractivity contribution is -0.122. The second kappa shape index (κ2) is 6.55. The van der Waals surface area contributed by atoms with E-state index in [2.05, 4.69) is 10.6 Å². The van der Waals surface area contributed by atoms with Gasteiger partial charge in [0.1, 0.15) is 6.04 Å². The molecule has 2 N–H and O–H groups in total. The van der Waals surface area contributed by atoms with Crippen LogP contribution < -0.4 is 10.6 Å². The van der Waals surface area contributed by atoms with E-state index < -0.39 is 0 Å². The fourth-order valence-corrected chi connectivity index (χ4v) is 2.03. The van der Waals surface area contributed by atoms with Gasteiger partial charge < -0.3 is 10.6 Å². The van der Waals surface area contributed by atoms with E-state index in [0.29, 0.717) is 0 Å². The molecule has 4 heteroatoms. The number of rotatable bonds is 5. The maximum Gasteiger partial charge on any atom is 0.242 e. The Labute approximate surface area is 107 Å². The van der Waals surface area contributed by atoms with Gasteiger partial charge in [-0.3, -0.25) is 4.79 Å². The SMILES string of the molecule is CSc1ccccc1NC(C)C(=O)NC(C)C. The number of hydrogen-bond donors (Lipinski definition) is 2. The normalized spacial score (nSPS) is 12.3. The molecule has 0 bridgehead atoms. The molecule has 0 radical (unpaired) electrons. The Morgan fingerprint density at radius 3 is 2.47 bits per heavy atom. The minimum absolute atomic E-state index is 0.0240. The quantitative estimate of drug-likeness (QED) is 0.792. The van der Waals surface area contributed by atoms with Crippen molar-refractivity contribution in [3.05, 3.63) is 24.3 Å². The molecule has 0 aliphatic rings. The van der Waals surface area contributed by atoms with E-state index in [1.807, 2.05) is 51.3 Å². The molecule has 1 amide bonds. The Morgan fingerprint density at radius 2 is 1.88 bits per heavy atom. The standard InChI is InChI=1S/C13H20N2OS/c1-9(2)14-13(16)10(3)15-11-7-5-6-8-12(11)17-4/h5-10,15H,1-4H3,(H,14,16). The van der Waals surface area contributed by atoms with Gasteiger partial charge in [0.2, 0.25) is 5.91 Å². The van der Waals surface area contributed by atoms with E-state index >= 15 is 0 Å². The minimum atomic E-state index is -0.231. The molecule has 1 aromatic rings. The zero-order valence-electron chi connectivity index (χ0n) is 10.8. The Morgan fingerprint density at radius 1 is 1.24 bits per heavy atom. The van der Waals surface area contributed by atoms with Crippen LogP contribution in [0.15, 0.2) is 29.2 Å². The van der Waals surface area contributed by atoms with Crippen molar-refractivity contribution in [3.63, 3.8) is 0 Å². The fourth-order valence-electron chi connectivity index (χ4n) is 1.47. The van der Waals surface area contributed by atoms with Crippen molar-refractivity contribution in [1.29, 1.82) is 0 Å². The van der Waals surface area contributed by atoms with Crippen molar-refractivity contribution in [2.24, 2.45) is 0 Å². The van der Waals surface area contributed by atoms with Gasteiger partial charge in [-0.25, -0.2) is 0 Å². The number of para-hydroxylation sites is 1.